The van der Waals surface area contributed by atoms with Crippen LogP contribution in [0.1, 0.15) is 42.2 Å². The van der Waals surface area contributed by atoms with Gasteiger partial charge < -0.3 is 9.30 Å². The number of Topliss-reactive ketones (excluding diaryl/α,β-unsaturated/α-hetero) is 1. The Morgan fingerprint density at radius 1 is 1.03 bits per heavy atom. The zero-order valence-corrected chi connectivity index (χ0v) is 18.0. The fourth-order valence-corrected chi connectivity index (χ4v) is 4.43. The molecule has 6 heteroatoms. The highest BCUT2D eigenvalue weighted by Crippen LogP contribution is 2.33. The molecular formula is C24H25ClN2O3. The van der Waals surface area contributed by atoms with Gasteiger partial charge in [-0.05, 0) is 69.3 Å². The largest absolute Gasteiger partial charge is 0.427 e. The molecule has 4 rings (SSSR count). The molecule has 1 fully saturated rings. The Hall–Kier alpha value is -2.63. The zero-order chi connectivity index (χ0) is 21.3. The van der Waals surface area contributed by atoms with Crippen molar-refractivity contribution < 1.29 is 14.3 Å². The van der Waals surface area contributed by atoms with E-state index < -0.39 is 0 Å². The lowest BCUT2D eigenvalue weighted by Gasteiger charge is -2.25. The van der Waals surface area contributed by atoms with E-state index in [1.807, 2.05) is 47.9 Å². The number of hydrogen-bond donors (Lipinski definition) is 0. The molecule has 0 amide bonds. The van der Waals surface area contributed by atoms with Crippen molar-refractivity contribution in [3.05, 3.63) is 58.7 Å². The monoisotopic (exact) mass is 424 g/mol. The number of esters is 1. The van der Waals surface area contributed by atoms with E-state index in [9.17, 15) is 9.59 Å². The second-order valence-corrected chi connectivity index (χ2v) is 8.24. The summed E-state index contributed by atoms with van der Waals surface area (Å²) in [7, 11) is 0. The van der Waals surface area contributed by atoms with Gasteiger partial charge in [0.15, 0.2) is 5.78 Å². The Morgan fingerprint density at radius 2 is 1.73 bits per heavy atom. The standard InChI is InChI=1S/C24H25ClN2O3/c1-16-24(23(29)15-26-12-4-3-5-13-26)21-11-10-20(30-17(2)28)14-22(21)27(16)19-8-6-18(25)7-9-19/h6-11,14H,3-5,12-13,15H2,1-2H3. The highest BCUT2D eigenvalue weighted by molar-refractivity contribution is 6.30. The molecule has 156 valence electrons. The molecule has 2 heterocycles. The Labute approximate surface area is 181 Å². The van der Waals surface area contributed by atoms with Gasteiger partial charge in [0, 0.05) is 40.3 Å². The maximum Gasteiger partial charge on any atom is 0.308 e. The second-order valence-electron chi connectivity index (χ2n) is 7.80. The third-order valence-corrected chi connectivity index (χ3v) is 5.87. The topological polar surface area (TPSA) is 51.5 Å². The molecule has 0 N–H and O–H groups in total. The predicted molar refractivity (Wildman–Crippen MR) is 119 cm³/mol. The molecule has 5 nitrogen and oxygen atoms in total. The average Bonchev–Trinajstić information content (AvgIpc) is 3.00. The molecule has 1 aromatic heterocycles. The molecule has 30 heavy (non-hydrogen) atoms. The van der Waals surface area contributed by atoms with Crippen LogP contribution >= 0.6 is 11.6 Å². The van der Waals surface area contributed by atoms with Gasteiger partial charge in [-0.2, -0.15) is 0 Å². The minimum Gasteiger partial charge on any atom is -0.427 e. The number of rotatable bonds is 5. The maximum absolute atomic E-state index is 13.3. The van der Waals surface area contributed by atoms with E-state index in [1.165, 1.54) is 13.3 Å². The van der Waals surface area contributed by atoms with Crippen molar-refractivity contribution in [3.63, 3.8) is 0 Å². The average molecular weight is 425 g/mol. The van der Waals surface area contributed by atoms with Crippen LogP contribution in [-0.2, 0) is 4.79 Å². The number of hydrogen-bond acceptors (Lipinski definition) is 4. The van der Waals surface area contributed by atoms with Crippen LogP contribution in [0.3, 0.4) is 0 Å². The molecule has 0 bridgehead atoms. The van der Waals surface area contributed by atoms with Gasteiger partial charge in [-0.25, -0.2) is 0 Å². The smallest absolute Gasteiger partial charge is 0.308 e. The van der Waals surface area contributed by atoms with Crippen molar-refractivity contribution in [3.8, 4) is 11.4 Å². The number of halogens is 1. The summed E-state index contributed by atoms with van der Waals surface area (Å²) in [5, 5.41) is 1.51. The van der Waals surface area contributed by atoms with Crippen molar-refractivity contribution >= 4 is 34.3 Å². The lowest BCUT2D eigenvalue weighted by atomic mass is 10.0. The van der Waals surface area contributed by atoms with Crippen LogP contribution < -0.4 is 4.74 Å². The lowest BCUT2D eigenvalue weighted by Crippen LogP contribution is -2.34. The molecule has 0 atom stereocenters. The second kappa shape index (κ2) is 8.62. The van der Waals surface area contributed by atoms with Crippen LogP contribution in [0.4, 0.5) is 0 Å². The van der Waals surface area contributed by atoms with Crippen LogP contribution in [0.5, 0.6) is 5.75 Å². The summed E-state index contributed by atoms with van der Waals surface area (Å²) in [4.78, 5) is 27.0. The SMILES string of the molecule is CC(=O)Oc1ccc2c(C(=O)CN3CCCCC3)c(C)n(-c3ccc(Cl)cc3)c2c1. The summed E-state index contributed by atoms with van der Waals surface area (Å²) < 4.78 is 7.33. The van der Waals surface area contributed by atoms with Crippen LogP contribution in [0.15, 0.2) is 42.5 Å². The number of nitrogens with zero attached hydrogens (tertiary/aromatic N) is 2. The van der Waals surface area contributed by atoms with Gasteiger partial charge in [-0.1, -0.05) is 18.0 Å². The fourth-order valence-electron chi connectivity index (χ4n) is 4.30. The molecule has 0 aliphatic carbocycles. The highest BCUT2D eigenvalue weighted by atomic mass is 35.5. The number of likely N-dealkylation sites (tertiary alicyclic amines) is 1. The van der Waals surface area contributed by atoms with Crippen LogP contribution in [0.25, 0.3) is 16.6 Å². The number of aromatic nitrogens is 1. The van der Waals surface area contributed by atoms with E-state index in [0.717, 1.165) is 53.8 Å². The summed E-state index contributed by atoms with van der Waals surface area (Å²) in [6.07, 6.45) is 3.52. The first-order chi connectivity index (χ1) is 14.4. The molecule has 3 aromatic rings. The van der Waals surface area contributed by atoms with Gasteiger partial charge in [-0.15, -0.1) is 0 Å². The van der Waals surface area contributed by atoms with E-state index in [2.05, 4.69) is 4.90 Å². The van der Waals surface area contributed by atoms with Gasteiger partial charge in [0.05, 0.1) is 12.1 Å². The van der Waals surface area contributed by atoms with Gasteiger partial charge in [0.2, 0.25) is 0 Å². The van der Waals surface area contributed by atoms with Crippen molar-refractivity contribution in [2.75, 3.05) is 19.6 Å². The Morgan fingerprint density at radius 3 is 2.40 bits per heavy atom. The minimum atomic E-state index is -0.378. The third kappa shape index (κ3) is 4.13. The summed E-state index contributed by atoms with van der Waals surface area (Å²) in [6, 6.07) is 12.9. The summed E-state index contributed by atoms with van der Waals surface area (Å²) >= 11 is 6.08. The number of piperidine rings is 1. The first kappa shape index (κ1) is 20.6. The molecule has 1 aliphatic rings. The molecule has 2 aromatic carbocycles. The number of ether oxygens (including phenoxy) is 1. The summed E-state index contributed by atoms with van der Waals surface area (Å²) in [5.41, 5.74) is 3.32. The summed E-state index contributed by atoms with van der Waals surface area (Å²) in [6.45, 7) is 5.70. The number of carbonyl (C=O) groups is 2. The normalized spacial score (nSPS) is 14.8. The minimum absolute atomic E-state index is 0.118. The van der Waals surface area contributed by atoms with Gasteiger partial charge in [0.1, 0.15) is 5.75 Å². The van der Waals surface area contributed by atoms with Crippen molar-refractivity contribution in [2.45, 2.75) is 33.1 Å². The first-order valence-electron chi connectivity index (χ1n) is 10.3. The molecule has 0 radical (unpaired) electrons. The molecular weight excluding hydrogens is 400 g/mol. The van der Waals surface area contributed by atoms with E-state index in [4.69, 9.17) is 16.3 Å². The van der Waals surface area contributed by atoms with Crippen molar-refractivity contribution in [1.82, 2.24) is 9.47 Å². The molecule has 0 unspecified atom stereocenters. The van der Waals surface area contributed by atoms with Crippen LogP contribution in [-0.4, -0.2) is 40.9 Å². The zero-order valence-electron chi connectivity index (χ0n) is 17.3. The molecule has 0 saturated carbocycles. The molecule has 1 saturated heterocycles. The maximum atomic E-state index is 13.3. The van der Waals surface area contributed by atoms with E-state index in [1.54, 1.807) is 6.07 Å². The number of fused-ring (bicyclic) bond motifs is 1. The molecule has 1 aliphatic heterocycles. The van der Waals surface area contributed by atoms with Gasteiger partial charge in [-0.3, -0.25) is 14.5 Å². The van der Waals surface area contributed by atoms with Gasteiger partial charge >= 0.3 is 5.97 Å². The lowest BCUT2D eigenvalue weighted by molar-refractivity contribution is -0.131. The first-order valence-corrected chi connectivity index (χ1v) is 10.7. The van der Waals surface area contributed by atoms with Crippen molar-refractivity contribution in [2.24, 2.45) is 0 Å². The molecule has 0 spiro atoms. The Balaban J connectivity index is 1.83. The highest BCUT2D eigenvalue weighted by Gasteiger charge is 2.23. The Kier molecular flexibility index (Phi) is 5.93. The van der Waals surface area contributed by atoms with E-state index in [0.29, 0.717) is 17.3 Å². The number of benzene rings is 2. The number of carbonyl (C=O) groups excluding carboxylic acids is 2. The van der Waals surface area contributed by atoms with Crippen LogP contribution in [0.2, 0.25) is 5.02 Å². The predicted octanol–water partition coefficient (Wildman–Crippen LogP) is 5.19. The van der Waals surface area contributed by atoms with E-state index in [-0.39, 0.29) is 11.8 Å². The quantitative estimate of drug-likeness (QED) is 0.321. The van der Waals surface area contributed by atoms with E-state index >= 15 is 0 Å². The fraction of sp³-hybridized carbons (Fsp3) is 0.333. The van der Waals surface area contributed by atoms with Crippen LogP contribution in [0, 0.1) is 6.92 Å². The Bertz CT molecular complexity index is 1100. The number of ketones is 1. The third-order valence-electron chi connectivity index (χ3n) is 5.62. The van der Waals surface area contributed by atoms with Gasteiger partial charge in [0.25, 0.3) is 0 Å². The van der Waals surface area contributed by atoms with Crippen molar-refractivity contribution in [1.29, 1.82) is 0 Å². The summed E-state index contributed by atoms with van der Waals surface area (Å²) in [5.74, 6) is 0.196.